The number of carbonyl (C=O) groups is 1. The van der Waals surface area contributed by atoms with E-state index in [1.165, 1.54) is 0 Å². The quantitative estimate of drug-likeness (QED) is 0.886. The van der Waals surface area contributed by atoms with Crippen LogP contribution in [0.2, 0.25) is 5.02 Å². The lowest BCUT2D eigenvalue weighted by Gasteiger charge is -2.07. The van der Waals surface area contributed by atoms with Crippen molar-refractivity contribution in [3.05, 3.63) is 34.2 Å². The SMILES string of the molecule is NC(CC(=O)O)c1csc2ccc(Cl)cc12. The fourth-order valence-electron chi connectivity index (χ4n) is 1.61. The van der Waals surface area contributed by atoms with E-state index < -0.39 is 12.0 Å². The maximum Gasteiger partial charge on any atom is 0.305 e. The second-order valence-electron chi connectivity index (χ2n) is 3.54. The maximum absolute atomic E-state index is 10.6. The Kier molecular flexibility index (Phi) is 3.14. The number of hydrogen-bond donors (Lipinski definition) is 2. The van der Waals surface area contributed by atoms with Crippen LogP contribution in [-0.4, -0.2) is 11.1 Å². The molecular weight excluding hydrogens is 246 g/mol. The fourth-order valence-corrected chi connectivity index (χ4v) is 2.78. The van der Waals surface area contributed by atoms with Gasteiger partial charge < -0.3 is 10.8 Å². The maximum atomic E-state index is 10.6. The van der Waals surface area contributed by atoms with Gasteiger partial charge in [-0.2, -0.15) is 0 Å². The first-order valence-electron chi connectivity index (χ1n) is 4.72. The predicted octanol–water partition coefficient (Wildman–Crippen LogP) is 3.03. The number of thiophene rings is 1. The highest BCUT2D eigenvalue weighted by molar-refractivity contribution is 7.17. The van der Waals surface area contributed by atoms with Gasteiger partial charge in [0.25, 0.3) is 0 Å². The molecule has 16 heavy (non-hydrogen) atoms. The van der Waals surface area contributed by atoms with Crippen molar-refractivity contribution in [1.82, 2.24) is 0 Å². The molecule has 1 aromatic carbocycles. The third-order valence-corrected chi connectivity index (χ3v) is 3.58. The lowest BCUT2D eigenvalue weighted by Crippen LogP contribution is -2.14. The summed E-state index contributed by atoms with van der Waals surface area (Å²) in [5, 5.41) is 12.2. The van der Waals surface area contributed by atoms with Gasteiger partial charge in [0, 0.05) is 15.8 Å². The van der Waals surface area contributed by atoms with Crippen molar-refractivity contribution in [2.75, 3.05) is 0 Å². The first-order chi connectivity index (χ1) is 7.58. The average molecular weight is 256 g/mol. The molecule has 1 unspecified atom stereocenters. The zero-order valence-electron chi connectivity index (χ0n) is 8.31. The molecule has 0 radical (unpaired) electrons. The van der Waals surface area contributed by atoms with Crippen molar-refractivity contribution < 1.29 is 9.90 Å². The summed E-state index contributed by atoms with van der Waals surface area (Å²) in [6.07, 6.45) is -0.0711. The molecule has 3 N–H and O–H groups in total. The van der Waals surface area contributed by atoms with Crippen molar-refractivity contribution in [3.8, 4) is 0 Å². The van der Waals surface area contributed by atoms with E-state index in [1.54, 1.807) is 11.3 Å². The summed E-state index contributed by atoms with van der Waals surface area (Å²) < 4.78 is 1.07. The molecular formula is C11H10ClNO2S. The van der Waals surface area contributed by atoms with Gasteiger partial charge in [-0.25, -0.2) is 0 Å². The smallest absolute Gasteiger partial charge is 0.305 e. The van der Waals surface area contributed by atoms with E-state index in [9.17, 15) is 4.79 Å². The summed E-state index contributed by atoms with van der Waals surface area (Å²) in [5.41, 5.74) is 6.69. The van der Waals surface area contributed by atoms with Crippen LogP contribution in [-0.2, 0) is 4.79 Å². The molecule has 0 saturated carbocycles. The zero-order chi connectivity index (χ0) is 11.7. The van der Waals surface area contributed by atoms with Crippen LogP contribution in [0.4, 0.5) is 0 Å². The summed E-state index contributed by atoms with van der Waals surface area (Å²) in [4.78, 5) is 10.6. The summed E-state index contributed by atoms with van der Waals surface area (Å²) in [6, 6.07) is 5.07. The number of aliphatic carboxylic acids is 1. The normalized spacial score (nSPS) is 12.9. The van der Waals surface area contributed by atoms with E-state index >= 15 is 0 Å². The molecule has 0 spiro atoms. The minimum Gasteiger partial charge on any atom is -0.481 e. The van der Waals surface area contributed by atoms with Crippen molar-refractivity contribution in [2.24, 2.45) is 5.73 Å². The van der Waals surface area contributed by atoms with Crippen LogP contribution in [0.15, 0.2) is 23.6 Å². The minimum atomic E-state index is -0.895. The number of halogens is 1. The highest BCUT2D eigenvalue weighted by atomic mass is 35.5. The molecule has 0 saturated heterocycles. The number of nitrogens with two attached hydrogens (primary N) is 1. The van der Waals surface area contributed by atoms with Gasteiger partial charge in [0.2, 0.25) is 0 Å². The lowest BCUT2D eigenvalue weighted by molar-refractivity contribution is -0.137. The van der Waals surface area contributed by atoms with E-state index in [2.05, 4.69) is 0 Å². The van der Waals surface area contributed by atoms with E-state index in [0.717, 1.165) is 15.6 Å². The Balaban J connectivity index is 2.44. The van der Waals surface area contributed by atoms with E-state index in [0.29, 0.717) is 5.02 Å². The average Bonchev–Trinajstić information content (AvgIpc) is 2.59. The Morgan fingerprint density at radius 2 is 2.31 bits per heavy atom. The molecule has 84 valence electrons. The second kappa shape index (κ2) is 4.41. The van der Waals surface area contributed by atoms with Gasteiger partial charge in [-0.1, -0.05) is 11.6 Å². The first kappa shape index (κ1) is 11.4. The largest absolute Gasteiger partial charge is 0.481 e. The zero-order valence-corrected chi connectivity index (χ0v) is 9.89. The number of fused-ring (bicyclic) bond motifs is 1. The van der Waals surface area contributed by atoms with Gasteiger partial charge in [0.05, 0.1) is 6.42 Å². The Morgan fingerprint density at radius 1 is 1.56 bits per heavy atom. The topological polar surface area (TPSA) is 63.3 Å². The van der Waals surface area contributed by atoms with Crippen LogP contribution in [0.5, 0.6) is 0 Å². The van der Waals surface area contributed by atoms with Crippen LogP contribution in [0.3, 0.4) is 0 Å². The predicted molar refractivity (Wildman–Crippen MR) is 66.0 cm³/mol. The van der Waals surface area contributed by atoms with Gasteiger partial charge >= 0.3 is 5.97 Å². The summed E-state index contributed by atoms with van der Waals surface area (Å²) >= 11 is 7.45. The third-order valence-electron chi connectivity index (χ3n) is 2.36. The molecule has 5 heteroatoms. The number of hydrogen-bond acceptors (Lipinski definition) is 3. The van der Waals surface area contributed by atoms with Crippen molar-refractivity contribution in [3.63, 3.8) is 0 Å². The third kappa shape index (κ3) is 2.19. The molecule has 2 aromatic rings. The Morgan fingerprint density at radius 3 is 3.00 bits per heavy atom. The monoisotopic (exact) mass is 255 g/mol. The number of benzene rings is 1. The molecule has 2 rings (SSSR count). The standard InChI is InChI=1S/C11H10ClNO2S/c12-6-1-2-10-7(3-6)8(5-16-10)9(13)4-11(14)15/h1-3,5,9H,4,13H2,(H,14,15). The van der Waals surface area contributed by atoms with Crippen LogP contribution >= 0.6 is 22.9 Å². The molecule has 0 bridgehead atoms. The molecule has 0 aliphatic rings. The summed E-state index contributed by atoms with van der Waals surface area (Å²) in [7, 11) is 0. The van der Waals surface area contributed by atoms with Crippen LogP contribution in [0, 0.1) is 0 Å². The molecule has 0 fully saturated rings. The Bertz CT molecular complexity index is 538. The van der Waals surface area contributed by atoms with Gasteiger partial charge in [-0.3, -0.25) is 4.79 Å². The van der Waals surface area contributed by atoms with Crippen LogP contribution in [0.25, 0.3) is 10.1 Å². The highest BCUT2D eigenvalue weighted by Crippen LogP contribution is 2.32. The van der Waals surface area contributed by atoms with Gasteiger partial charge in [-0.15, -0.1) is 11.3 Å². The van der Waals surface area contributed by atoms with Gasteiger partial charge in [0.1, 0.15) is 0 Å². The molecule has 3 nitrogen and oxygen atoms in total. The molecule has 1 atom stereocenters. The highest BCUT2D eigenvalue weighted by Gasteiger charge is 2.15. The van der Waals surface area contributed by atoms with E-state index in [1.807, 2.05) is 23.6 Å². The second-order valence-corrected chi connectivity index (χ2v) is 4.88. The summed E-state index contributed by atoms with van der Waals surface area (Å²) in [5.74, 6) is -0.895. The Labute approximate surface area is 101 Å². The molecule has 0 amide bonds. The molecule has 0 aliphatic heterocycles. The number of carboxylic acid groups (broad SMARTS) is 1. The summed E-state index contributed by atoms with van der Waals surface area (Å²) in [6.45, 7) is 0. The fraction of sp³-hybridized carbons (Fsp3) is 0.182. The number of carboxylic acids is 1. The van der Waals surface area contributed by atoms with Crippen LogP contribution < -0.4 is 5.73 Å². The molecule has 1 heterocycles. The van der Waals surface area contributed by atoms with Gasteiger partial charge in [-0.05, 0) is 34.5 Å². The minimum absolute atomic E-state index is 0.0711. The molecule has 0 aliphatic carbocycles. The van der Waals surface area contributed by atoms with Crippen LogP contribution in [0.1, 0.15) is 18.0 Å². The van der Waals surface area contributed by atoms with E-state index in [-0.39, 0.29) is 6.42 Å². The van der Waals surface area contributed by atoms with Gasteiger partial charge in [0.15, 0.2) is 0 Å². The van der Waals surface area contributed by atoms with Crippen molar-refractivity contribution in [1.29, 1.82) is 0 Å². The Hall–Kier alpha value is -1.10. The van der Waals surface area contributed by atoms with E-state index in [4.69, 9.17) is 22.4 Å². The number of rotatable bonds is 3. The first-order valence-corrected chi connectivity index (χ1v) is 5.97. The van der Waals surface area contributed by atoms with Crippen molar-refractivity contribution in [2.45, 2.75) is 12.5 Å². The molecule has 1 aromatic heterocycles. The lowest BCUT2D eigenvalue weighted by atomic mass is 10.0. The van der Waals surface area contributed by atoms with Crippen molar-refractivity contribution >= 4 is 39.0 Å².